The lowest BCUT2D eigenvalue weighted by Gasteiger charge is -2.20. The molecule has 0 heterocycles. The highest BCUT2D eigenvalue weighted by Gasteiger charge is 2.18. The minimum Gasteiger partial charge on any atom is -0.466 e. The molecule has 0 saturated heterocycles. The highest BCUT2D eigenvalue weighted by atomic mass is 16.5. The Labute approximate surface area is 404 Å². The molecule has 0 bridgehead atoms. The molecule has 0 aliphatic rings. The number of hydrogen-bond donors (Lipinski definition) is 3. The summed E-state index contributed by atoms with van der Waals surface area (Å²) in [7, 11) is 0. The highest BCUT2D eigenvalue weighted by molar-refractivity contribution is 5.76. The third kappa shape index (κ3) is 51.1. The minimum absolute atomic E-state index is 0.00432. The summed E-state index contributed by atoms with van der Waals surface area (Å²) >= 11 is 0. The number of carbonyl (C=O) groups is 2. The van der Waals surface area contributed by atoms with Gasteiger partial charge >= 0.3 is 5.97 Å². The monoisotopic (exact) mass is 912 g/mol. The average molecular weight is 913 g/mol. The van der Waals surface area contributed by atoms with Gasteiger partial charge in [-0.1, -0.05) is 236 Å². The van der Waals surface area contributed by atoms with E-state index in [1.54, 1.807) is 6.08 Å². The van der Waals surface area contributed by atoms with Crippen molar-refractivity contribution in [2.24, 2.45) is 0 Å². The molecule has 0 aromatic carbocycles. The van der Waals surface area contributed by atoms with Crippen LogP contribution < -0.4 is 5.32 Å². The topological polar surface area (TPSA) is 95.9 Å². The lowest BCUT2D eigenvalue weighted by Crippen LogP contribution is -2.45. The number of unbranched alkanes of at least 4 members (excludes halogenated alkanes) is 35. The SMILES string of the molecule is CCCCC/C=C\CCCCCCCC(=O)OCCCCCCCCCCC/C=C\C/C=C\CCCCCCCCCC(=O)NC(CO)C(O)/C=C/CCCCCCCCCCCCC. The third-order valence-electron chi connectivity index (χ3n) is 12.8. The second-order valence-corrected chi connectivity index (χ2v) is 19.3. The molecule has 0 aromatic heterocycles. The lowest BCUT2D eigenvalue weighted by molar-refractivity contribution is -0.143. The molecule has 6 nitrogen and oxygen atoms in total. The normalized spacial score (nSPS) is 13.0. The Morgan fingerprint density at radius 1 is 0.431 bits per heavy atom. The Hall–Kier alpha value is -2.18. The number of allylic oxidation sites excluding steroid dienone is 7. The van der Waals surface area contributed by atoms with Crippen LogP contribution >= 0.6 is 0 Å². The fourth-order valence-corrected chi connectivity index (χ4v) is 8.42. The van der Waals surface area contributed by atoms with Gasteiger partial charge in [0.15, 0.2) is 0 Å². The van der Waals surface area contributed by atoms with Gasteiger partial charge in [-0.05, 0) is 89.9 Å². The molecule has 0 saturated carbocycles. The zero-order valence-corrected chi connectivity index (χ0v) is 43.2. The van der Waals surface area contributed by atoms with Crippen LogP contribution in [0.15, 0.2) is 48.6 Å². The van der Waals surface area contributed by atoms with E-state index < -0.39 is 12.1 Å². The van der Waals surface area contributed by atoms with E-state index in [1.807, 2.05) is 6.08 Å². The largest absolute Gasteiger partial charge is 0.466 e. The van der Waals surface area contributed by atoms with Crippen molar-refractivity contribution in [1.29, 1.82) is 0 Å². The standard InChI is InChI=1S/C59H109NO5/c1-3-5-7-9-11-13-15-28-31-35-39-43-47-51-57(62)56(55-61)60-58(63)52-48-44-40-36-32-29-26-24-22-20-18-17-19-21-23-25-27-30-34-38-42-46-50-54-65-59(64)53-49-45-41-37-33-16-14-12-10-8-6-4-2/h12,14,17,19-20,22,47,51,56-57,61-62H,3-11,13,15-16,18,21,23-46,48-50,52-55H2,1-2H3,(H,60,63)/b14-12-,19-17-,22-20-,51-47+. The molecule has 0 aliphatic heterocycles. The van der Waals surface area contributed by atoms with E-state index in [2.05, 4.69) is 55.6 Å². The molecule has 0 aliphatic carbocycles. The van der Waals surface area contributed by atoms with Crippen LogP contribution in [-0.2, 0) is 14.3 Å². The summed E-state index contributed by atoms with van der Waals surface area (Å²) in [6.45, 7) is 4.86. The van der Waals surface area contributed by atoms with Gasteiger partial charge in [0.05, 0.1) is 25.4 Å². The van der Waals surface area contributed by atoms with E-state index in [4.69, 9.17) is 4.74 Å². The summed E-state index contributed by atoms with van der Waals surface area (Å²) in [5.74, 6) is -0.0838. The van der Waals surface area contributed by atoms with E-state index in [0.29, 0.717) is 19.4 Å². The molecular weight excluding hydrogens is 803 g/mol. The van der Waals surface area contributed by atoms with Gasteiger partial charge in [0, 0.05) is 12.8 Å². The second kappa shape index (κ2) is 54.4. The fraction of sp³-hybridized carbons (Fsp3) is 0.831. The van der Waals surface area contributed by atoms with Crippen LogP contribution in [0.4, 0.5) is 0 Å². The van der Waals surface area contributed by atoms with Gasteiger partial charge in [0.2, 0.25) is 5.91 Å². The zero-order chi connectivity index (χ0) is 47.2. The number of hydrogen-bond acceptors (Lipinski definition) is 5. The summed E-state index contributed by atoms with van der Waals surface area (Å²) < 4.78 is 5.45. The first-order chi connectivity index (χ1) is 32.0. The molecule has 3 N–H and O–H groups in total. The second-order valence-electron chi connectivity index (χ2n) is 19.3. The Bertz CT molecular complexity index is 1100. The molecule has 380 valence electrons. The zero-order valence-electron chi connectivity index (χ0n) is 43.2. The van der Waals surface area contributed by atoms with Gasteiger partial charge in [-0.15, -0.1) is 0 Å². The van der Waals surface area contributed by atoms with Crippen molar-refractivity contribution in [3.63, 3.8) is 0 Å². The Kier molecular flexibility index (Phi) is 52.6. The number of nitrogens with one attached hydrogen (secondary N) is 1. The number of amides is 1. The molecule has 6 heteroatoms. The highest BCUT2D eigenvalue weighted by Crippen LogP contribution is 2.15. The van der Waals surface area contributed by atoms with Crippen LogP contribution in [0.1, 0.15) is 290 Å². The van der Waals surface area contributed by atoms with Gasteiger partial charge in [0.1, 0.15) is 0 Å². The number of aliphatic hydroxyl groups is 2. The van der Waals surface area contributed by atoms with Crippen molar-refractivity contribution >= 4 is 11.9 Å². The van der Waals surface area contributed by atoms with Crippen LogP contribution in [0.25, 0.3) is 0 Å². The molecule has 0 fully saturated rings. The van der Waals surface area contributed by atoms with E-state index in [-0.39, 0.29) is 18.5 Å². The average Bonchev–Trinajstić information content (AvgIpc) is 3.31. The first-order valence-corrected chi connectivity index (χ1v) is 28.4. The van der Waals surface area contributed by atoms with Crippen molar-refractivity contribution < 1.29 is 24.5 Å². The van der Waals surface area contributed by atoms with Crippen LogP contribution in [0.2, 0.25) is 0 Å². The van der Waals surface area contributed by atoms with Crippen molar-refractivity contribution in [3.8, 4) is 0 Å². The predicted molar refractivity (Wildman–Crippen MR) is 282 cm³/mol. The maximum Gasteiger partial charge on any atom is 0.305 e. The number of carbonyl (C=O) groups excluding carboxylic acids is 2. The van der Waals surface area contributed by atoms with E-state index in [1.165, 1.54) is 199 Å². The van der Waals surface area contributed by atoms with E-state index >= 15 is 0 Å². The van der Waals surface area contributed by atoms with E-state index in [9.17, 15) is 19.8 Å². The first-order valence-electron chi connectivity index (χ1n) is 28.4. The van der Waals surface area contributed by atoms with Gasteiger partial charge in [-0.2, -0.15) is 0 Å². The third-order valence-corrected chi connectivity index (χ3v) is 12.8. The molecule has 0 rings (SSSR count). The van der Waals surface area contributed by atoms with Crippen LogP contribution in [0.3, 0.4) is 0 Å². The molecule has 0 spiro atoms. The maximum absolute atomic E-state index is 12.4. The predicted octanol–water partition coefficient (Wildman–Crippen LogP) is 17.4. The molecule has 0 radical (unpaired) electrons. The van der Waals surface area contributed by atoms with Crippen molar-refractivity contribution in [2.75, 3.05) is 13.2 Å². The van der Waals surface area contributed by atoms with Gasteiger partial charge < -0.3 is 20.3 Å². The summed E-state index contributed by atoms with van der Waals surface area (Å²) in [5, 5.41) is 23.0. The summed E-state index contributed by atoms with van der Waals surface area (Å²) in [6.07, 6.45) is 68.4. The van der Waals surface area contributed by atoms with Crippen LogP contribution in [-0.4, -0.2) is 47.4 Å². The van der Waals surface area contributed by atoms with Crippen LogP contribution in [0.5, 0.6) is 0 Å². The van der Waals surface area contributed by atoms with Crippen molar-refractivity contribution in [3.05, 3.63) is 48.6 Å². The summed E-state index contributed by atoms with van der Waals surface area (Å²) in [6, 6.07) is -0.635. The molecule has 1 amide bonds. The smallest absolute Gasteiger partial charge is 0.305 e. The Morgan fingerprint density at radius 2 is 0.769 bits per heavy atom. The van der Waals surface area contributed by atoms with Gasteiger partial charge in [0.25, 0.3) is 0 Å². The molecule has 65 heavy (non-hydrogen) atoms. The number of aliphatic hydroxyl groups excluding tert-OH is 2. The lowest BCUT2D eigenvalue weighted by atomic mass is 10.0. The fourth-order valence-electron chi connectivity index (χ4n) is 8.42. The van der Waals surface area contributed by atoms with E-state index in [0.717, 1.165) is 64.2 Å². The molecular formula is C59H109NO5. The Balaban J connectivity index is 3.48. The molecule has 0 aromatic rings. The summed E-state index contributed by atoms with van der Waals surface area (Å²) in [4.78, 5) is 24.4. The van der Waals surface area contributed by atoms with Gasteiger partial charge in [-0.3, -0.25) is 9.59 Å². The quantitative estimate of drug-likeness (QED) is 0.0321. The van der Waals surface area contributed by atoms with Crippen LogP contribution in [0, 0.1) is 0 Å². The molecule has 2 unspecified atom stereocenters. The van der Waals surface area contributed by atoms with Gasteiger partial charge in [-0.25, -0.2) is 0 Å². The number of esters is 1. The van der Waals surface area contributed by atoms with Crippen molar-refractivity contribution in [2.45, 2.75) is 302 Å². The maximum atomic E-state index is 12.4. The first kappa shape index (κ1) is 62.8. The minimum atomic E-state index is -0.851. The Morgan fingerprint density at radius 3 is 1.22 bits per heavy atom. The number of rotatable bonds is 52. The van der Waals surface area contributed by atoms with Crippen molar-refractivity contribution in [1.82, 2.24) is 5.32 Å². The molecule has 2 atom stereocenters. The number of ether oxygens (including phenoxy) is 1. The summed E-state index contributed by atoms with van der Waals surface area (Å²) in [5.41, 5.74) is 0.